The van der Waals surface area contributed by atoms with Crippen molar-refractivity contribution in [3.05, 3.63) is 0 Å². The molecule has 0 aliphatic heterocycles. The van der Waals surface area contributed by atoms with Gasteiger partial charge in [-0.15, -0.1) is 0 Å². The van der Waals surface area contributed by atoms with E-state index >= 15 is 0 Å². The summed E-state index contributed by atoms with van der Waals surface area (Å²) in [5.74, 6) is 1.11. The molecule has 96 valence electrons. The van der Waals surface area contributed by atoms with Crippen LogP contribution in [-0.4, -0.2) is 42.7 Å². The van der Waals surface area contributed by atoms with Gasteiger partial charge in [-0.05, 0) is 5.41 Å². The van der Waals surface area contributed by atoms with Crippen LogP contribution in [0.1, 0.15) is 20.8 Å². The molecule has 0 atom stereocenters. The SMILES string of the molecule is CNc1nc(OC)nc(N(C)CC(C)(C)C)n1. The monoisotopic (exact) mass is 239 g/mol. The van der Waals surface area contributed by atoms with Crippen molar-refractivity contribution >= 4 is 11.9 Å². The summed E-state index contributed by atoms with van der Waals surface area (Å²) in [4.78, 5) is 14.6. The number of hydrogen-bond acceptors (Lipinski definition) is 6. The van der Waals surface area contributed by atoms with Crippen LogP contribution >= 0.6 is 0 Å². The van der Waals surface area contributed by atoms with Gasteiger partial charge in [-0.1, -0.05) is 20.8 Å². The quantitative estimate of drug-likeness (QED) is 0.857. The summed E-state index contributed by atoms with van der Waals surface area (Å²) in [7, 11) is 5.27. The van der Waals surface area contributed by atoms with E-state index in [-0.39, 0.29) is 5.41 Å². The fourth-order valence-electron chi connectivity index (χ4n) is 1.50. The van der Waals surface area contributed by atoms with E-state index in [0.29, 0.717) is 17.9 Å². The molecule has 1 rings (SSSR count). The molecule has 0 bridgehead atoms. The highest BCUT2D eigenvalue weighted by Gasteiger charge is 2.17. The standard InChI is InChI=1S/C11H21N5O/c1-11(2,3)7-16(5)9-13-8(12-4)14-10(15-9)17-6/h7H2,1-6H3,(H,12,13,14,15). The second-order valence-electron chi connectivity index (χ2n) is 5.11. The molecule has 0 aliphatic carbocycles. The number of nitrogens with one attached hydrogen (secondary N) is 1. The Labute approximate surface area is 102 Å². The number of rotatable bonds is 4. The molecule has 0 saturated carbocycles. The Hall–Kier alpha value is -1.59. The lowest BCUT2D eigenvalue weighted by Gasteiger charge is -2.26. The predicted molar refractivity (Wildman–Crippen MR) is 68.7 cm³/mol. The molecule has 0 saturated heterocycles. The van der Waals surface area contributed by atoms with Crippen molar-refractivity contribution in [1.29, 1.82) is 0 Å². The van der Waals surface area contributed by atoms with E-state index in [0.717, 1.165) is 6.54 Å². The maximum absolute atomic E-state index is 5.05. The highest BCUT2D eigenvalue weighted by atomic mass is 16.5. The minimum atomic E-state index is 0.175. The van der Waals surface area contributed by atoms with Gasteiger partial charge in [0.05, 0.1) is 7.11 Å². The van der Waals surface area contributed by atoms with Crippen molar-refractivity contribution in [3.63, 3.8) is 0 Å². The van der Waals surface area contributed by atoms with Gasteiger partial charge in [0.15, 0.2) is 0 Å². The van der Waals surface area contributed by atoms with E-state index in [1.807, 2.05) is 11.9 Å². The van der Waals surface area contributed by atoms with E-state index in [1.165, 1.54) is 0 Å². The van der Waals surface area contributed by atoms with Gasteiger partial charge < -0.3 is 15.0 Å². The van der Waals surface area contributed by atoms with Gasteiger partial charge in [0.2, 0.25) is 11.9 Å². The summed E-state index contributed by atoms with van der Waals surface area (Å²) in [6.07, 6.45) is 0. The first-order valence-electron chi connectivity index (χ1n) is 5.54. The molecular weight excluding hydrogens is 218 g/mol. The van der Waals surface area contributed by atoms with Crippen LogP contribution in [0.5, 0.6) is 6.01 Å². The van der Waals surface area contributed by atoms with E-state index in [4.69, 9.17) is 4.74 Å². The number of aromatic nitrogens is 3. The largest absolute Gasteiger partial charge is 0.467 e. The first-order valence-corrected chi connectivity index (χ1v) is 5.54. The molecule has 0 aliphatic rings. The van der Waals surface area contributed by atoms with E-state index in [2.05, 4.69) is 41.0 Å². The molecule has 0 fully saturated rings. The first kappa shape index (κ1) is 13.5. The van der Waals surface area contributed by atoms with Crippen molar-refractivity contribution < 1.29 is 4.74 Å². The summed E-state index contributed by atoms with van der Waals surface area (Å²) in [6.45, 7) is 7.35. The summed E-state index contributed by atoms with van der Waals surface area (Å²) < 4.78 is 5.05. The van der Waals surface area contributed by atoms with Crippen LogP contribution in [0.25, 0.3) is 0 Å². The average Bonchev–Trinajstić information content (AvgIpc) is 2.26. The van der Waals surface area contributed by atoms with Gasteiger partial charge in [-0.2, -0.15) is 15.0 Å². The Bertz CT molecular complexity index is 352. The molecule has 1 heterocycles. The van der Waals surface area contributed by atoms with Crippen molar-refractivity contribution in [2.45, 2.75) is 20.8 Å². The van der Waals surface area contributed by atoms with Crippen LogP contribution in [-0.2, 0) is 0 Å². The molecule has 0 radical (unpaired) electrons. The minimum absolute atomic E-state index is 0.175. The van der Waals surface area contributed by atoms with E-state index in [1.54, 1.807) is 14.2 Å². The van der Waals surface area contributed by atoms with Crippen molar-refractivity contribution in [1.82, 2.24) is 15.0 Å². The molecule has 6 heteroatoms. The van der Waals surface area contributed by atoms with Gasteiger partial charge >= 0.3 is 6.01 Å². The highest BCUT2D eigenvalue weighted by molar-refractivity contribution is 5.37. The average molecular weight is 239 g/mol. The third-order valence-corrected chi connectivity index (χ3v) is 2.06. The van der Waals surface area contributed by atoms with E-state index < -0.39 is 0 Å². The second kappa shape index (κ2) is 5.16. The van der Waals surface area contributed by atoms with Crippen molar-refractivity contribution in [3.8, 4) is 6.01 Å². The number of ether oxygens (including phenoxy) is 1. The molecule has 0 unspecified atom stereocenters. The van der Waals surface area contributed by atoms with Crippen LogP contribution in [0.2, 0.25) is 0 Å². The number of anilines is 2. The van der Waals surface area contributed by atoms with Crippen LogP contribution in [0.15, 0.2) is 0 Å². The van der Waals surface area contributed by atoms with Gasteiger partial charge in [0.25, 0.3) is 0 Å². The summed E-state index contributed by atoms with van der Waals surface area (Å²) >= 11 is 0. The Morgan fingerprint density at radius 3 is 2.35 bits per heavy atom. The topological polar surface area (TPSA) is 63.2 Å². The van der Waals surface area contributed by atoms with Gasteiger partial charge in [0, 0.05) is 20.6 Å². The molecule has 1 N–H and O–H groups in total. The normalized spacial score (nSPS) is 11.2. The number of methoxy groups -OCH3 is 1. The molecule has 0 aromatic carbocycles. The maximum Gasteiger partial charge on any atom is 0.322 e. The second-order valence-corrected chi connectivity index (χ2v) is 5.11. The Balaban J connectivity index is 2.96. The number of nitrogens with zero attached hydrogens (tertiary/aromatic N) is 4. The van der Waals surface area contributed by atoms with Crippen LogP contribution in [0.3, 0.4) is 0 Å². The Morgan fingerprint density at radius 1 is 1.24 bits per heavy atom. The van der Waals surface area contributed by atoms with Crippen molar-refractivity contribution in [2.75, 3.05) is 38.0 Å². The van der Waals surface area contributed by atoms with Crippen LogP contribution < -0.4 is 15.0 Å². The van der Waals surface area contributed by atoms with Crippen LogP contribution in [0, 0.1) is 5.41 Å². The predicted octanol–water partition coefficient (Wildman–Crippen LogP) is 1.40. The molecule has 0 amide bonds. The molecular formula is C11H21N5O. The zero-order chi connectivity index (χ0) is 13.1. The molecule has 1 aromatic heterocycles. The first-order chi connectivity index (χ1) is 7.85. The lowest BCUT2D eigenvalue weighted by Crippen LogP contribution is -2.30. The maximum atomic E-state index is 5.05. The fraction of sp³-hybridized carbons (Fsp3) is 0.727. The van der Waals surface area contributed by atoms with E-state index in [9.17, 15) is 0 Å². The molecule has 0 spiro atoms. The lowest BCUT2D eigenvalue weighted by molar-refractivity contribution is 0.376. The fourth-order valence-corrected chi connectivity index (χ4v) is 1.50. The highest BCUT2D eigenvalue weighted by Crippen LogP contribution is 2.19. The van der Waals surface area contributed by atoms with Crippen molar-refractivity contribution in [2.24, 2.45) is 5.41 Å². The summed E-state index contributed by atoms with van der Waals surface area (Å²) in [5, 5.41) is 2.89. The number of hydrogen-bond donors (Lipinski definition) is 1. The lowest BCUT2D eigenvalue weighted by atomic mass is 9.96. The van der Waals surface area contributed by atoms with Gasteiger partial charge in [-0.3, -0.25) is 0 Å². The Kier molecular flexibility index (Phi) is 4.09. The van der Waals surface area contributed by atoms with Crippen LogP contribution in [0.4, 0.5) is 11.9 Å². The van der Waals surface area contributed by atoms with Gasteiger partial charge in [0.1, 0.15) is 0 Å². The third kappa shape index (κ3) is 4.05. The Morgan fingerprint density at radius 2 is 1.88 bits per heavy atom. The summed E-state index contributed by atoms with van der Waals surface area (Å²) in [5.41, 5.74) is 0.175. The third-order valence-electron chi connectivity index (χ3n) is 2.06. The molecule has 1 aromatic rings. The smallest absolute Gasteiger partial charge is 0.322 e. The summed E-state index contributed by atoms with van der Waals surface area (Å²) in [6, 6.07) is 0.320. The zero-order valence-electron chi connectivity index (χ0n) is 11.4. The minimum Gasteiger partial charge on any atom is -0.467 e. The molecule has 6 nitrogen and oxygen atoms in total. The molecule has 17 heavy (non-hydrogen) atoms. The van der Waals surface area contributed by atoms with Gasteiger partial charge in [-0.25, -0.2) is 0 Å². The zero-order valence-corrected chi connectivity index (χ0v) is 11.4.